The molecule has 3 rings (SSSR count). The van der Waals surface area contributed by atoms with E-state index < -0.39 is 0 Å². The first-order valence-electron chi connectivity index (χ1n) is 10.2. The number of nitrogens with one attached hydrogen (secondary N) is 1. The van der Waals surface area contributed by atoms with E-state index in [1.165, 1.54) is 38.5 Å². The Balaban J connectivity index is 1.46. The molecule has 0 bridgehead atoms. The molecule has 2 fully saturated rings. The fraction of sp³-hybridized carbons (Fsp3) is 0.667. The Labute approximate surface area is 157 Å². The number of urea groups is 1. The van der Waals surface area contributed by atoms with E-state index in [-0.39, 0.29) is 12.1 Å². The third-order valence-corrected chi connectivity index (χ3v) is 5.42. The van der Waals surface area contributed by atoms with Crippen LogP contribution in [-0.4, -0.2) is 54.2 Å². The maximum absolute atomic E-state index is 12.5. The minimum Gasteiger partial charge on any atom is -0.491 e. The first-order valence-corrected chi connectivity index (χ1v) is 10.2. The molecule has 144 valence electrons. The second kappa shape index (κ2) is 9.26. The lowest BCUT2D eigenvalue weighted by Crippen LogP contribution is -2.52. The first kappa shape index (κ1) is 19.0. The monoisotopic (exact) mass is 359 g/mol. The lowest BCUT2D eigenvalue weighted by atomic mass is 10.1. The molecule has 0 unspecified atom stereocenters. The summed E-state index contributed by atoms with van der Waals surface area (Å²) in [5.74, 6) is 0.829. The molecule has 5 heteroatoms. The van der Waals surface area contributed by atoms with E-state index in [1.807, 2.05) is 43.0 Å². The van der Waals surface area contributed by atoms with Gasteiger partial charge < -0.3 is 15.0 Å². The maximum atomic E-state index is 12.5. The lowest BCUT2D eigenvalue weighted by molar-refractivity contribution is 0.105. The van der Waals surface area contributed by atoms with Crippen molar-refractivity contribution in [3.63, 3.8) is 0 Å². The fourth-order valence-electron chi connectivity index (χ4n) is 4.00. The van der Waals surface area contributed by atoms with Crippen molar-refractivity contribution >= 4 is 11.7 Å². The average molecular weight is 360 g/mol. The Kier molecular flexibility index (Phi) is 6.78. The van der Waals surface area contributed by atoms with Gasteiger partial charge in [-0.05, 0) is 51.0 Å². The quantitative estimate of drug-likeness (QED) is 0.813. The molecule has 2 aliphatic rings. The molecule has 1 aliphatic heterocycles. The van der Waals surface area contributed by atoms with E-state index in [1.54, 1.807) is 0 Å². The summed E-state index contributed by atoms with van der Waals surface area (Å²) in [6.45, 7) is 7.64. The molecule has 1 N–H and O–H groups in total. The van der Waals surface area contributed by atoms with Crippen LogP contribution in [0.1, 0.15) is 52.4 Å². The molecule has 1 heterocycles. The van der Waals surface area contributed by atoms with Crippen LogP contribution in [0.2, 0.25) is 0 Å². The number of anilines is 1. The van der Waals surface area contributed by atoms with Crippen LogP contribution >= 0.6 is 0 Å². The molecule has 1 aromatic carbocycles. The molecule has 0 atom stereocenters. The second-order valence-electron chi connectivity index (χ2n) is 7.79. The van der Waals surface area contributed by atoms with Crippen molar-refractivity contribution in [3.8, 4) is 5.75 Å². The van der Waals surface area contributed by atoms with Crippen molar-refractivity contribution < 1.29 is 9.53 Å². The highest BCUT2D eigenvalue weighted by atomic mass is 16.5. The van der Waals surface area contributed by atoms with Crippen LogP contribution in [0.3, 0.4) is 0 Å². The van der Waals surface area contributed by atoms with Crippen molar-refractivity contribution in [1.82, 2.24) is 9.80 Å². The molecule has 0 spiro atoms. The standard InChI is InChI=1S/C21H33N3O2/c1-17(2)26-20-11-9-18(10-12-20)22-21(25)24-15-13-23(14-16-24)19-7-5-3-4-6-8-19/h9-12,17,19H,3-8,13-16H2,1-2H3,(H,22,25). The Morgan fingerprint density at radius 3 is 2.19 bits per heavy atom. The Morgan fingerprint density at radius 2 is 1.62 bits per heavy atom. The van der Waals surface area contributed by atoms with Gasteiger partial charge in [-0.15, -0.1) is 0 Å². The van der Waals surface area contributed by atoms with Crippen molar-refractivity contribution in [2.45, 2.75) is 64.5 Å². The van der Waals surface area contributed by atoms with E-state index in [0.717, 1.165) is 43.7 Å². The average Bonchev–Trinajstić information content (AvgIpc) is 2.92. The van der Waals surface area contributed by atoms with Gasteiger partial charge in [-0.2, -0.15) is 0 Å². The predicted molar refractivity (Wildman–Crippen MR) is 106 cm³/mol. The van der Waals surface area contributed by atoms with Gasteiger partial charge in [0, 0.05) is 37.9 Å². The molecule has 0 aromatic heterocycles. The zero-order chi connectivity index (χ0) is 18.4. The van der Waals surface area contributed by atoms with Crippen molar-refractivity contribution in [1.29, 1.82) is 0 Å². The molecule has 1 saturated heterocycles. The maximum Gasteiger partial charge on any atom is 0.321 e. The number of piperazine rings is 1. The number of carbonyl (C=O) groups is 1. The summed E-state index contributed by atoms with van der Waals surface area (Å²) in [5.41, 5.74) is 0.817. The van der Waals surface area contributed by atoms with Crippen LogP contribution in [0, 0.1) is 0 Å². The predicted octanol–water partition coefficient (Wildman–Crippen LogP) is 4.35. The molecule has 1 saturated carbocycles. The van der Waals surface area contributed by atoms with Crippen LogP contribution in [0.25, 0.3) is 0 Å². The number of hydrogen-bond donors (Lipinski definition) is 1. The van der Waals surface area contributed by atoms with Crippen molar-refractivity contribution in [3.05, 3.63) is 24.3 Å². The van der Waals surface area contributed by atoms with Gasteiger partial charge in [0.05, 0.1) is 6.10 Å². The van der Waals surface area contributed by atoms with E-state index >= 15 is 0 Å². The molecular formula is C21H33N3O2. The fourth-order valence-corrected chi connectivity index (χ4v) is 4.00. The van der Waals surface area contributed by atoms with Gasteiger partial charge >= 0.3 is 6.03 Å². The summed E-state index contributed by atoms with van der Waals surface area (Å²) in [4.78, 5) is 17.1. The Morgan fingerprint density at radius 1 is 1.00 bits per heavy atom. The summed E-state index contributed by atoms with van der Waals surface area (Å²) in [5, 5.41) is 3.01. The molecule has 26 heavy (non-hydrogen) atoms. The molecule has 1 aromatic rings. The van der Waals surface area contributed by atoms with Gasteiger partial charge in [0.15, 0.2) is 0 Å². The van der Waals surface area contributed by atoms with Gasteiger partial charge in [0.2, 0.25) is 0 Å². The van der Waals surface area contributed by atoms with E-state index in [0.29, 0.717) is 0 Å². The number of nitrogens with zero attached hydrogens (tertiary/aromatic N) is 2. The van der Waals surface area contributed by atoms with Crippen LogP contribution in [-0.2, 0) is 0 Å². The van der Waals surface area contributed by atoms with Gasteiger partial charge in [0.25, 0.3) is 0 Å². The third kappa shape index (κ3) is 5.37. The van der Waals surface area contributed by atoms with Crippen molar-refractivity contribution in [2.24, 2.45) is 0 Å². The highest BCUT2D eigenvalue weighted by Gasteiger charge is 2.26. The minimum absolute atomic E-state index is 0.00282. The molecule has 5 nitrogen and oxygen atoms in total. The van der Waals surface area contributed by atoms with Crippen LogP contribution in [0.4, 0.5) is 10.5 Å². The smallest absolute Gasteiger partial charge is 0.321 e. The third-order valence-electron chi connectivity index (χ3n) is 5.42. The summed E-state index contributed by atoms with van der Waals surface area (Å²) in [7, 11) is 0. The van der Waals surface area contributed by atoms with E-state index in [2.05, 4.69) is 10.2 Å². The number of hydrogen-bond acceptors (Lipinski definition) is 3. The highest BCUT2D eigenvalue weighted by molar-refractivity contribution is 5.89. The normalized spacial score (nSPS) is 20.0. The Hall–Kier alpha value is -1.75. The number of carbonyl (C=O) groups excluding carboxylic acids is 1. The van der Waals surface area contributed by atoms with Gasteiger partial charge in [0.1, 0.15) is 5.75 Å². The first-order chi connectivity index (χ1) is 12.6. The summed E-state index contributed by atoms with van der Waals surface area (Å²) in [6, 6.07) is 8.34. The Bertz CT molecular complexity index is 557. The zero-order valence-electron chi connectivity index (χ0n) is 16.2. The zero-order valence-corrected chi connectivity index (χ0v) is 16.2. The SMILES string of the molecule is CC(C)Oc1ccc(NC(=O)N2CCN(C3CCCCCC3)CC2)cc1. The highest BCUT2D eigenvalue weighted by Crippen LogP contribution is 2.23. The summed E-state index contributed by atoms with van der Waals surface area (Å²) < 4.78 is 5.64. The van der Waals surface area contributed by atoms with Crippen LogP contribution < -0.4 is 10.1 Å². The largest absolute Gasteiger partial charge is 0.491 e. The number of benzene rings is 1. The summed E-state index contributed by atoms with van der Waals surface area (Å²) >= 11 is 0. The minimum atomic E-state index is 0.00282. The van der Waals surface area contributed by atoms with Gasteiger partial charge in [-0.1, -0.05) is 25.7 Å². The van der Waals surface area contributed by atoms with Crippen molar-refractivity contribution in [2.75, 3.05) is 31.5 Å². The lowest BCUT2D eigenvalue weighted by Gasteiger charge is -2.39. The number of amides is 2. The van der Waals surface area contributed by atoms with E-state index in [9.17, 15) is 4.79 Å². The molecule has 1 aliphatic carbocycles. The van der Waals surface area contributed by atoms with Crippen LogP contribution in [0.5, 0.6) is 5.75 Å². The second-order valence-corrected chi connectivity index (χ2v) is 7.79. The molecule has 2 amide bonds. The topological polar surface area (TPSA) is 44.8 Å². The number of rotatable bonds is 4. The van der Waals surface area contributed by atoms with Gasteiger partial charge in [-0.3, -0.25) is 4.90 Å². The summed E-state index contributed by atoms with van der Waals surface area (Å²) in [6.07, 6.45) is 8.32. The number of ether oxygens (including phenoxy) is 1. The van der Waals surface area contributed by atoms with E-state index in [4.69, 9.17) is 4.74 Å². The molecule has 0 radical (unpaired) electrons. The molecular weight excluding hydrogens is 326 g/mol. The van der Waals surface area contributed by atoms with Gasteiger partial charge in [-0.25, -0.2) is 4.79 Å². The van der Waals surface area contributed by atoms with Crippen LogP contribution in [0.15, 0.2) is 24.3 Å².